The molecule has 1 aromatic rings. The van der Waals surface area contributed by atoms with Gasteiger partial charge in [0.25, 0.3) is 0 Å². The molecule has 0 saturated carbocycles. The van der Waals surface area contributed by atoms with Crippen LogP contribution in [0.1, 0.15) is 6.42 Å². The SMILES string of the molecule is Cl.Cl.NC1CCN(c2ncccn2)C1. The highest BCUT2D eigenvalue weighted by Crippen LogP contribution is 2.12. The third kappa shape index (κ3) is 2.97. The normalized spacial score (nSPS) is 19.8. The molecule has 2 heterocycles. The lowest BCUT2D eigenvalue weighted by atomic mass is 10.3. The van der Waals surface area contributed by atoms with Crippen molar-refractivity contribution in [1.29, 1.82) is 0 Å². The molecule has 1 aromatic heterocycles. The summed E-state index contributed by atoms with van der Waals surface area (Å²) in [6, 6.07) is 2.10. The number of nitrogens with zero attached hydrogens (tertiary/aromatic N) is 3. The van der Waals surface area contributed by atoms with E-state index in [-0.39, 0.29) is 30.9 Å². The summed E-state index contributed by atoms with van der Waals surface area (Å²) >= 11 is 0. The second kappa shape index (κ2) is 6.01. The van der Waals surface area contributed by atoms with Crippen LogP contribution in [0.15, 0.2) is 18.5 Å². The van der Waals surface area contributed by atoms with Gasteiger partial charge in [-0.3, -0.25) is 0 Å². The Kier molecular flexibility index (Phi) is 5.76. The lowest BCUT2D eigenvalue weighted by molar-refractivity contribution is 0.750. The smallest absolute Gasteiger partial charge is 0.225 e. The molecule has 1 saturated heterocycles. The van der Waals surface area contributed by atoms with Crippen molar-refractivity contribution in [3.8, 4) is 0 Å². The highest BCUT2D eigenvalue weighted by atomic mass is 35.5. The van der Waals surface area contributed by atoms with Crippen molar-refractivity contribution in [3.63, 3.8) is 0 Å². The summed E-state index contributed by atoms with van der Waals surface area (Å²) in [6.45, 7) is 1.86. The van der Waals surface area contributed by atoms with Crippen LogP contribution in [-0.4, -0.2) is 29.1 Å². The average Bonchev–Trinajstić information content (AvgIpc) is 2.54. The molecule has 1 aliphatic heterocycles. The molecule has 4 nitrogen and oxygen atoms in total. The Morgan fingerprint density at radius 2 is 1.93 bits per heavy atom. The number of aromatic nitrogens is 2. The van der Waals surface area contributed by atoms with Crippen LogP contribution in [0.25, 0.3) is 0 Å². The molecular formula is C8H14Cl2N4. The van der Waals surface area contributed by atoms with Crippen molar-refractivity contribution >= 4 is 30.8 Å². The van der Waals surface area contributed by atoms with E-state index in [1.807, 2.05) is 6.07 Å². The fourth-order valence-corrected chi connectivity index (χ4v) is 1.42. The first-order valence-corrected chi connectivity index (χ1v) is 4.14. The lowest BCUT2D eigenvalue weighted by Crippen LogP contribution is -2.27. The summed E-state index contributed by atoms with van der Waals surface area (Å²) in [5.74, 6) is 0.797. The highest BCUT2D eigenvalue weighted by molar-refractivity contribution is 5.85. The molecule has 1 fully saturated rings. The van der Waals surface area contributed by atoms with Crippen LogP contribution >= 0.6 is 24.8 Å². The van der Waals surface area contributed by atoms with Crippen LogP contribution in [0.5, 0.6) is 0 Å². The van der Waals surface area contributed by atoms with Gasteiger partial charge in [0.1, 0.15) is 0 Å². The highest BCUT2D eigenvalue weighted by Gasteiger charge is 2.20. The summed E-state index contributed by atoms with van der Waals surface area (Å²) in [6.07, 6.45) is 4.55. The van der Waals surface area contributed by atoms with E-state index in [9.17, 15) is 0 Å². The van der Waals surface area contributed by atoms with Crippen molar-refractivity contribution in [3.05, 3.63) is 18.5 Å². The number of anilines is 1. The third-order valence-corrected chi connectivity index (χ3v) is 2.06. The van der Waals surface area contributed by atoms with Gasteiger partial charge < -0.3 is 10.6 Å². The van der Waals surface area contributed by atoms with Crippen molar-refractivity contribution in [1.82, 2.24) is 9.97 Å². The topological polar surface area (TPSA) is 55.0 Å². The van der Waals surface area contributed by atoms with E-state index < -0.39 is 0 Å². The maximum Gasteiger partial charge on any atom is 0.225 e. The molecule has 1 atom stereocenters. The van der Waals surface area contributed by atoms with Crippen LogP contribution in [0.4, 0.5) is 5.95 Å². The van der Waals surface area contributed by atoms with E-state index in [4.69, 9.17) is 5.73 Å². The monoisotopic (exact) mass is 236 g/mol. The molecule has 0 amide bonds. The van der Waals surface area contributed by atoms with Crippen molar-refractivity contribution in [2.75, 3.05) is 18.0 Å². The van der Waals surface area contributed by atoms with Crippen molar-refractivity contribution in [2.45, 2.75) is 12.5 Å². The van der Waals surface area contributed by atoms with E-state index in [1.54, 1.807) is 12.4 Å². The van der Waals surface area contributed by atoms with Gasteiger partial charge in [0, 0.05) is 31.5 Å². The number of nitrogens with two attached hydrogens (primary N) is 1. The Morgan fingerprint density at radius 1 is 1.29 bits per heavy atom. The molecule has 6 heteroatoms. The van der Waals surface area contributed by atoms with E-state index >= 15 is 0 Å². The molecule has 14 heavy (non-hydrogen) atoms. The van der Waals surface area contributed by atoms with Gasteiger partial charge in [0.05, 0.1) is 0 Å². The summed E-state index contributed by atoms with van der Waals surface area (Å²) in [7, 11) is 0. The van der Waals surface area contributed by atoms with Crippen LogP contribution in [-0.2, 0) is 0 Å². The molecule has 1 unspecified atom stereocenters. The van der Waals surface area contributed by atoms with Crippen molar-refractivity contribution in [2.24, 2.45) is 5.73 Å². The Hall–Kier alpha value is -0.580. The number of halogens is 2. The van der Waals surface area contributed by atoms with Gasteiger partial charge in [0.15, 0.2) is 0 Å². The second-order valence-electron chi connectivity index (χ2n) is 3.04. The Bertz CT molecular complexity index is 257. The van der Waals surface area contributed by atoms with Gasteiger partial charge in [-0.25, -0.2) is 9.97 Å². The summed E-state index contributed by atoms with van der Waals surface area (Å²) in [5.41, 5.74) is 5.77. The number of rotatable bonds is 1. The van der Waals surface area contributed by atoms with E-state index in [0.717, 1.165) is 25.5 Å². The summed E-state index contributed by atoms with van der Waals surface area (Å²) in [4.78, 5) is 10.4. The largest absolute Gasteiger partial charge is 0.339 e. The molecule has 0 spiro atoms. The zero-order chi connectivity index (χ0) is 8.39. The lowest BCUT2D eigenvalue weighted by Gasteiger charge is -2.14. The summed E-state index contributed by atoms with van der Waals surface area (Å²) in [5, 5.41) is 0. The zero-order valence-corrected chi connectivity index (χ0v) is 9.30. The van der Waals surface area contributed by atoms with Crippen LogP contribution in [0.3, 0.4) is 0 Å². The van der Waals surface area contributed by atoms with Crippen LogP contribution in [0.2, 0.25) is 0 Å². The second-order valence-corrected chi connectivity index (χ2v) is 3.04. The molecule has 0 aromatic carbocycles. The van der Waals surface area contributed by atoms with Gasteiger partial charge in [-0.1, -0.05) is 0 Å². The van der Waals surface area contributed by atoms with Crippen LogP contribution in [0, 0.1) is 0 Å². The molecule has 1 aliphatic rings. The minimum absolute atomic E-state index is 0. The molecule has 2 rings (SSSR count). The maximum atomic E-state index is 5.77. The van der Waals surface area contributed by atoms with Gasteiger partial charge >= 0.3 is 0 Å². The zero-order valence-electron chi connectivity index (χ0n) is 7.67. The minimum atomic E-state index is 0. The predicted molar refractivity (Wildman–Crippen MR) is 61.3 cm³/mol. The fourth-order valence-electron chi connectivity index (χ4n) is 1.42. The molecule has 0 radical (unpaired) electrons. The van der Waals surface area contributed by atoms with Gasteiger partial charge in [-0.05, 0) is 12.5 Å². The number of hydrogen-bond acceptors (Lipinski definition) is 4. The molecule has 2 N–H and O–H groups in total. The first kappa shape index (κ1) is 13.4. The standard InChI is InChI=1S/C8H12N4.2ClH/c9-7-2-5-12(6-7)8-10-3-1-4-11-8;;/h1,3-4,7H,2,5-6,9H2;2*1H. The van der Waals surface area contributed by atoms with Crippen molar-refractivity contribution < 1.29 is 0 Å². The van der Waals surface area contributed by atoms with Gasteiger partial charge in [0.2, 0.25) is 5.95 Å². The first-order chi connectivity index (χ1) is 5.86. The first-order valence-electron chi connectivity index (χ1n) is 4.14. The maximum absolute atomic E-state index is 5.77. The molecular weight excluding hydrogens is 223 g/mol. The Balaban J connectivity index is 0.000000845. The fraction of sp³-hybridized carbons (Fsp3) is 0.500. The minimum Gasteiger partial charge on any atom is -0.339 e. The molecule has 0 aliphatic carbocycles. The Labute approximate surface area is 95.7 Å². The van der Waals surface area contributed by atoms with Crippen LogP contribution < -0.4 is 10.6 Å². The third-order valence-electron chi connectivity index (χ3n) is 2.06. The number of hydrogen-bond donors (Lipinski definition) is 1. The van der Waals surface area contributed by atoms with E-state index in [1.165, 1.54) is 0 Å². The van der Waals surface area contributed by atoms with Gasteiger partial charge in [-0.2, -0.15) is 0 Å². The van der Waals surface area contributed by atoms with E-state index in [2.05, 4.69) is 14.9 Å². The quantitative estimate of drug-likeness (QED) is 0.787. The molecule has 0 bridgehead atoms. The summed E-state index contributed by atoms with van der Waals surface area (Å²) < 4.78 is 0. The Morgan fingerprint density at radius 3 is 2.43 bits per heavy atom. The van der Waals surface area contributed by atoms with E-state index in [0.29, 0.717) is 0 Å². The predicted octanol–water partition coefficient (Wildman–Crippen LogP) is 0.858. The molecule has 80 valence electrons. The average molecular weight is 237 g/mol. The van der Waals surface area contributed by atoms with Gasteiger partial charge in [-0.15, -0.1) is 24.8 Å².